The molecule has 0 aromatic carbocycles. The van der Waals surface area contributed by atoms with Gasteiger partial charge < -0.3 is 35.6 Å². The van der Waals surface area contributed by atoms with E-state index in [9.17, 15) is 20.1 Å². The van der Waals surface area contributed by atoms with E-state index in [0.29, 0.717) is 0 Å². The van der Waals surface area contributed by atoms with Crippen LogP contribution in [0, 0.1) is 0 Å². The van der Waals surface area contributed by atoms with Crippen molar-refractivity contribution in [2.45, 2.75) is 30.6 Å². The third kappa shape index (κ3) is 2.67. The number of ether oxygens (including phenoxy) is 1. The minimum Gasteiger partial charge on any atom is -0.394 e. The maximum Gasteiger partial charge on any atom is 0.247 e. The van der Waals surface area contributed by atoms with Gasteiger partial charge in [-0.2, -0.15) is 0 Å². The highest BCUT2D eigenvalue weighted by atomic mass is 16.6. The van der Waals surface area contributed by atoms with E-state index in [-0.39, 0.29) is 0 Å². The second-order valence-corrected chi connectivity index (χ2v) is 3.48. The average Bonchev–Trinajstić information content (AvgIpc) is 2.29. The van der Waals surface area contributed by atoms with Gasteiger partial charge in [0.05, 0.1) is 6.61 Å². The van der Waals surface area contributed by atoms with Crippen LogP contribution >= 0.6 is 0 Å². The van der Waals surface area contributed by atoms with Crippen LogP contribution in [0.4, 0.5) is 0 Å². The average molecular weight is 237 g/mol. The molecule has 0 unspecified atom stereocenters. The van der Waals surface area contributed by atoms with Crippen LogP contribution < -0.4 is 5.32 Å². The summed E-state index contributed by atoms with van der Waals surface area (Å²) in [5.74, 6) is -0.802. The van der Waals surface area contributed by atoms with Crippen molar-refractivity contribution in [1.29, 1.82) is 0 Å². The summed E-state index contributed by atoms with van der Waals surface area (Å²) in [6.45, 7) is -1.37. The molecule has 0 aliphatic carbocycles. The first-order valence-electron chi connectivity index (χ1n) is 4.72. The van der Waals surface area contributed by atoms with Crippen molar-refractivity contribution in [1.82, 2.24) is 5.32 Å². The van der Waals surface area contributed by atoms with E-state index in [0.717, 1.165) is 0 Å². The summed E-state index contributed by atoms with van der Waals surface area (Å²) in [4.78, 5) is 10.8. The molecule has 1 rings (SSSR count). The number of hydrogen-bond acceptors (Lipinski definition) is 7. The molecule has 1 fully saturated rings. The minimum atomic E-state index is -1.55. The lowest BCUT2D eigenvalue weighted by molar-refractivity contribution is -0.236. The molecule has 1 aliphatic heterocycles. The van der Waals surface area contributed by atoms with Crippen molar-refractivity contribution in [3.8, 4) is 0 Å². The van der Waals surface area contributed by atoms with Gasteiger partial charge in [0.1, 0.15) is 31.0 Å². The van der Waals surface area contributed by atoms with Crippen LogP contribution in [0.3, 0.4) is 0 Å². The van der Waals surface area contributed by atoms with Crippen LogP contribution in [0.15, 0.2) is 0 Å². The fraction of sp³-hybridized carbons (Fsp3) is 0.875. The zero-order valence-electron chi connectivity index (χ0n) is 8.35. The van der Waals surface area contributed by atoms with Gasteiger partial charge in [0, 0.05) is 0 Å². The van der Waals surface area contributed by atoms with Crippen molar-refractivity contribution >= 4 is 5.91 Å². The Kier molecular flexibility index (Phi) is 4.59. The highest BCUT2D eigenvalue weighted by molar-refractivity contribution is 5.77. The second-order valence-electron chi connectivity index (χ2n) is 3.48. The Morgan fingerprint density at radius 2 is 1.75 bits per heavy atom. The number of nitrogens with one attached hydrogen (secondary N) is 1. The van der Waals surface area contributed by atoms with E-state index in [1.54, 1.807) is 0 Å². The lowest BCUT2D eigenvalue weighted by atomic mass is 9.98. The van der Waals surface area contributed by atoms with Gasteiger partial charge in [0.15, 0.2) is 6.23 Å². The monoisotopic (exact) mass is 237 g/mol. The molecule has 8 nitrogen and oxygen atoms in total. The first-order valence-corrected chi connectivity index (χ1v) is 4.72. The van der Waals surface area contributed by atoms with Gasteiger partial charge in [-0.05, 0) is 0 Å². The van der Waals surface area contributed by atoms with Crippen LogP contribution in [0.1, 0.15) is 0 Å². The summed E-state index contributed by atoms with van der Waals surface area (Å²) >= 11 is 0. The predicted octanol–water partition coefficient (Wildman–Crippen LogP) is -4.11. The molecule has 0 spiro atoms. The van der Waals surface area contributed by atoms with Crippen LogP contribution in [0.5, 0.6) is 0 Å². The van der Waals surface area contributed by atoms with Gasteiger partial charge in [0.25, 0.3) is 0 Å². The van der Waals surface area contributed by atoms with Crippen LogP contribution in [-0.2, 0) is 9.53 Å². The number of rotatable bonds is 3. The van der Waals surface area contributed by atoms with Gasteiger partial charge in [-0.1, -0.05) is 0 Å². The molecule has 94 valence electrons. The molecule has 1 saturated heterocycles. The fourth-order valence-corrected chi connectivity index (χ4v) is 1.43. The Hall–Kier alpha value is -0.770. The smallest absolute Gasteiger partial charge is 0.247 e. The SMILES string of the molecule is O=C(CO)N[C@@H]1O[C@H](CO)[C@H](O)[C@H](O)[C@H]1O. The lowest BCUT2D eigenvalue weighted by Gasteiger charge is -2.39. The van der Waals surface area contributed by atoms with Gasteiger partial charge >= 0.3 is 0 Å². The molecule has 0 radical (unpaired) electrons. The maximum atomic E-state index is 10.8. The van der Waals surface area contributed by atoms with E-state index in [1.165, 1.54) is 0 Å². The largest absolute Gasteiger partial charge is 0.394 e. The van der Waals surface area contributed by atoms with Crippen molar-refractivity contribution < 1.29 is 35.1 Å². The highest BCUT2D eigenvalue weighted by Crippen LogP contribution is 2.19. The van der Waals surface area contributed by atoms with Crippen LogP contribution in [0.25, 0.3) is 0 Å². The molecule has 0 aromatic rings. The van der Waals surface area contributed by atoms with E-state index in [1.807, 2.05) is 0 Å². The summed E-state index contributed by atoms with van der Waals surface area (Å²) < 4.78 is 4.95. The van der Waals surface area contributed by atoms with E-state index >= 15 is 0 Å². The van der Waals surface area contributed by atoms with E-state index in [4.69, 9.17) is 14.9 Å². The number of amides is 1. The summed E-state index contributed by atoms with van der Waals surface area (Å²) in [6.07, 6.45) is -6.91. The van der Waals surface area contributed by atoms with Gasteiger partial charge in [-0.25, -0.2) is 0 Å². The third-order valence-corrected chi connectivity index (χ3v) is 2.34. The Balaban J connectivity index is 2.67. The van der Waals surface area contributed by atoms with E-state index in [2.05, 4.69) is 5.32 Å². The molecular formula is C8H15NO7. The normalized spacial score (nSPS) is 39.4. The van der Waals surface area contributed by atoms with Crippen molar-refractivity contribution in [3.63, 3.8) is 0 Å². The molecule has 8 heteroatoms. The molecule has 1 amide bonds. The zero-order valence-corrected chi connectivity index (χ0v) is 8.35. The minimum absolute atomic E-state index is 0.573. The Bertz CT molecular complexity index is 247. The molecule has 1 aliphatic rings. The third-order valence-electron chi connectivity index (χ3n) is 2.34. The van der Waals surface area contributed by atoms with Gasteiger partial charge in [-0.3, -0.25) is 4.79 Å². The molecule has 1 heterocycles. The summed E-state index contributed by atoms with van der Waals surface area (Å²) in [5.41, 5.74) is 0. The Morgan fingerprint density at radius 3 is 2.25 bits per heavy atom. The first kappa shape index (κ1) is 13.3. The molecule has 5 atom stereocenters. The molecular weight excluding hydrogens is 222 g/mol. The standard InChI is InChI=1S/C8H15NO7/c10-1-3-5(13)6(14)7(15)8(16-3)9-4(12)2-11/h3,5-8,10-11,13-15H,1-2H2,(H,9,12)/t3-,5+,6+,7-,8-/m1/s1. The molecule has 0 bridgehead atoms. The summed E-state index contributed by atoms with van der Waals surface area (Å²) in [5, 5.41) is 47.6. The van der Waals surface area contributed by atoms with Crippen LogP contribution in [0.2, 0.25) is 0 Å². The lowest BCUT2D eigenvalue weighted by Crippen LogP contribution is -2.63. The van der Waals surface area contributed by atoms with E-state index < -0.39 is 49.8 Å². The molecule has 0 aromatic heterocycles. The first-order chi connectivity index (χ1) is 7.51. The maximum absolute atomic E-state index is 10.8. The number of carbonyl (C=O) groups is 1. The van der Waals surface area contributed by atoms with Crippen molar-refractivity contribution in [2.75, 3.05) is 13.2 Å². The second kappa shape index (κ2) is 5.53. The summed E-state index contributed by atoms with van der Waals surface area (Å²) in [6, 6.07) is 0. The topological polar surface area (TPSA) is 139 Å². The number of carbonyl (C=O) groups excluding carboxylic acids is 1. The van der Waals surface area contributed by atoms with Gasteiger partial charge in [0.2, 0.25) is 5.91 Å². The molecule has 6 N–H and O–H groups in total. The quantitative estimate of drug-likeness (QED) is 0.293. The molecule has 0 saturated carbocycles. The van der Waals surface area contributed by atoms with Crippen molar-refractivity contribution in [2.24, 2.45) is 0 Å². The van der Waals surface area contributed by atoms with Crippen LogP contribution in [-0.4, -0.2) is 75.3 Å². The fourth-order valence-electron chi connectivity index (χ4n) is 1.43. The summed E-state index contributed by atoms with van der Waals surface area (Å²) in [7, 11) is 0. The molecule has 16 heavy (non-hydrogen) atoms. The predicted molar refractivity (Wildman–Crippen MR) is 49.0 cm³/mol. The Labute approximate surface area is 91.1 Å². The van der Waals surface area contributed by atoms with Gasteiger partial charge in [-0.15, -0.1) is 0 Å². The highest BCUT2D eigenvalue weighted by Gasteiger charge is 2.43. The number of aliphatic hydroxyl groups is 5. The Morgan fingerprint density at radius 1 is 1.12 bits per heavy atom. The number of hydrogen-bond donors (Lipinski definition) is 6. The number of aliphatic hydroxyl groups excluding tert-OH is 5. The zero-order chi connectivity index (χ0) is 12.3. The van der Waals surface area contributed by atoms with Crippen molar-refractivity contribution in [3.05, 3.63) is 0 Å².